The summed E-state index contributed by atoms with van der Waals surface area (Å²) < 4.78 is 2.31. The van der Waals surface area contributed by atoms with Gasteiger partial charge in [0.15, 0.2) is 0 Å². The molecule has 2 aromatic rings. The number of hydrogen-bond donors (Lipinski definition) is 1. The summed E-state index contributed by atoms with van der Waals surface area (Å²) in [5.74, 6) is 0. The van der Waals surface area contributed by atoms with E-state index in [1.807, 2.05) is 6.07 Å². The average molecular weight is 201 g/mol. The minimum absolute atomic E-state index is 0.664. The van der Waals surface area contributed by atoms with Crippen LogP contribution in [0.4, 0.5) is 5.69 Å². The quantitative estimate of drug-likeness (QED) is 0.770. The molecule has 0 amide bonds. The molecule has 3 rings (SSSR count). The Morgan fingerprint density at radius 3 is 2.93 bits per heavy atom. The second kappa shape index (κ2) is 2.99. The molecule has 0 aliphatic heterocycles. The summed E-state index contributed by atoms with van der Waals surface area (Å²) in [7, 11) is 0. The van der Waals surface area contributed by atoms with E-state index in [1.165, 1.54) is 30.2 Å². The molecule has 0 aromatic carbocycles. The van der Waals surface area contributed by atoms with Crippen molar-refractivity contribution in [1.82, 2.24) is 9.55 Å². The van der Waals surface area contributed by atoms with Gasteiger partial charge < -0.3 is 10.3 Å². The molecule has 1 saturated carbocycles. The molecule has 1 fully saturated rings. The SMILES string of the molecule is Cc1cn(C2CCC2)c2ncc(N)cc12. The van der Waals surface area contributed by atoms with Crippen LogP contribution in [-0.2, 0) is 0 Å². The Kier molecular flexibility index (Phi) is 1.75. The number of nitrogen functional groups attached to an aromatic ring is 1. The smallest absolute Gasteiger partial charge is 0.140 e. The van der Waals surface area contributed by atoms with Crippen molar-refractivity contribution in [3.05, 3.63) is 24.0 Å². The van der Waals surface area contributed by atoms with Gasteiger partial charge in [0.2, 0.25) is 0 Å². The predicted octanol–water partition coefficient (Wildman–Crippen LogP) is 2.65. The molecule has 1 aliphatic rings. The van der Waals surface area contributed by atoms with E-state index in [-0.39, 0.29) is 0 Å². The normalized spacial score (nSPS) is 16.9. The van der Waals surface area contributed by atoms with Gasteiger partial charge in [-0.1, -0.05) is 0 Å². The highest BCUT2D eigenvalue weighted by molar-refractivity contribution is 5.83. The Morgan fingerprint density at radius 1 is 1.47 bits per heavy atom. The minimum atomic E-state index is 0.664. The first kappa shape index (κ1) is 8.77. The summed E-state index contributed by atoms with van der Waals surface area (Å²) in [6, 6.07) is 2.68. The van der Waals surface area contributed by atoms with Crippen LogP contribution in [-0.4, -0.2) is 9.55 Å². The molecule has 3 heteroatoms. The van der Waals surface area contributed by atoms with Crippen LogP contribution < -0.4 is 5.73 Å². The fourth-order valence-corrected chi connectivity index (χ4v) is 2.25. The maximum Gasteiger partial charge on any atom is 0.140 e. The van der Waals surface area contributed by atoms with E-state index in [2.05, 4.69) is 22.7 Å². The standard InChI is InChI=1S/C12H15N3/c1-8-7-15(10-3-2-4-10)12-11(8)5-9(13)6-14-12/h5-7,10H,2-4,13H2,1H3. The van der Waals surface area contributed by atoms with Gasteiger partial charge in [-0.3, -0.25) is 0 Å². The van der Waals surface area contributed by atoms with E-state index in [1.54, 1.807) is 6.20 Å². The van der Waals surface area contributed by atoms with Gasteiger partial charge in [-0.25, -0.2) is 4.98 Å². The lowest BCUT2D eigenvalue weighted by Gasteiger charge is -2.27. The molecule has 2 heterocycles. The molecule has 0 radical (unpaired) electrons. The average Bonchev–Trinajstić information content (AvgIpc) is 2.41. The third kappa shape index (κ3) is 1.23. The first-order chi connectivity index (χ1) is 7.25. The molecule has 15 heavy (non-hydrogen) atoms. The number of anilines is 1. The van der Waals surface area contributed by atoms with E-state index >= 15 is 0 Å². The van der Waals surface area contributed by atoms with E-state index in [9.17, 15) is 0 Å². The van der Waals surface area contributed by atoms with Gasteiger partial charge in [-0.2, -0.15) is 0 Å². The highest BCUT2D eigenvalue weighted by Gasteiger charge is 2.21. The molecule has 3 nitrogen and oxygen atoms in total. The third-order valence-electron chi connectivity index (χ3n) is 3.36. The molecule has 2 aromatic heterocycles. The van der Waals surface area contributed by atoms with Gasteiger partial charge in [0, 0.05) is 17.6 Å². The van der Waals surface area contributed by atoms with Crippen molar-refractivity contribution in [1.29, 1.82) is 0 Å². The Bertz CT molecular complexity index is 509. The zero-order valence-corrected chi connectivity index (χ0v) is 8.90. The maximum absolute atomic E-state index is 5.75. The molecule has 0 bridgehead atoms. The van der Waals surface area contributed by atoms with Crippen LogP contribution in [0.3, 0.4) is 0 Å². The number of aryl methyl sites for hydroxylation is 1. The van der Waals surface area contributed by atoms with Gasteiger partial charge in [-0.05, 0) is 37.8 Å². The van der Waals surface area contributed by atoms with E-state index < -0.39 is 0 Å². The summed E-state index contributed by atoms with van der Waals surface area (Å²) in [6.07, 6.45) is 7.88. The summed E-state index contributed by atoms with van der Waals surface area (Å²) >= 11 is 0. The van der Waals surface area contributed by atoms with Crippen LogP contribution in [0.5, 0.6) is 0 Å². The Balaban J connectivity index is 2.22. The number of aromatic nitrogens is 2. The molecule has 2 N–H and O–H groups in total. The number of pyridine rings is 1. The lowest BCUT2D eigenvalue weighted by atomic mass is 9.93. The van der Waals surface area contributed by atoms with Crippen molar-refractivity contribution in [2.24, 2.45) is 0 Å². The molecule has 0 atom stereocenters. The highest BCUT2D eigenvalue weighted by atomic mass is 15.1. The zero-order chi connectivity index (χ0) is 10.4. The molecule has 0 unspecified atom stereocenters. The van der Waals surface area contributed by atoms with Crippen LogP contribution >= 0.6 is 0 Å². The van der Waals surface area contributed by atoms with Crippen LogP contribution in [0.25, 0.3) is 11.0 Å². The van der Waals surface area contributed by atoms with Gasteiger partial charge in [0.1, 0.15) is 5.65 Å². The predicted molar refractivity (Wildman–Crippen MR) is 61.8 cm³/mol. The van der Waals surface area contributed by atoms with Crippen molar-refractivity contribution in [2.75, 3.05) is 5.73 Å². The Morgan fingerprint density at radius 2 is 2.27 bits per heavy atom. The summed E-state index contributed by atoms with van der Waals surface area (Å²) in [6.45, 7) is 2.12. The van der Waals surface area contributed by atoms with E-state index in [4.69, 9.17) is 5.73 Å². The minimum Gasteiger partial charge on any atom is -0.397 e. The van der Waals surface area contributed by atoms with Gasteiger partial charge in [0.25, 0.3) is 0 Å². The lowest BCUT2D eigenvalue weighted by molar-refractivity contribution is 0.320. The first-order valence-corrected chi connectivity index (χ1v) is 5.48. The first-order valence-electron chi connectivity index (χ1n) is 5.48. The van der Waals surface area contributed by atoms with Gasteiger partial charge in [0.05, 0.1) is 11.9 Å². The van der Waals surface area contributed by atoms with Crippen LogP contribution in [0.2, 0.25) is 0 Å². The monoisotopic (exact) mass is 201 g/mol. The Labute approximate surface area is 88.9 Å². The summed E-state index contributed by atoms with van der Waals surface area (Å²) in [5, 5.41) is 1.20. The fourth-order valence-electron chi connectivity index (χ4n) is 2.25. The van der Waals surface area contributed by atoms with Crippen LogP contribution in [0.1, 0.15) is 30.9 Å². The van der Waals surface area contributed by atoms with Crippen molar-refractivity contribution in [2.45, 2.75) is 32.2 Å². The van der Waals surface area contributed by atoms with E-state index in [0.29, 0.717) is 6.04 Å². The molecule has 1 aliphatic carbocycles. The second-order valence-electron chi connectivity index (χ2n) is 4.44. The fraction of sp³-hybridized carbons (Fsp3) is 0.417. The number of nitrogens with zero attached hydrogens (tertiary/aromatic N) is 2. The molecular formula is C12H15N3. The number of rotatable bonds is 1. The van der Waals surface area contributed by atoms with E-state index in [0.717, 1.165) is 11.3 Å². The van der Waals surface area contributed by atoms with Gasteiger partial charge in [-0.15, -0.1) is 0 Å². The summed E-state index contributed by atoms with van der Waals surface area (Å²) in [5.41, 5.74) is 8.86. The molecule has 0 saturated heterocycles. The van der Waals surface area contributed by atoms with Gasteiger partial charge >= 0.3 is 0 Å². The number of nitrogens with two attached hydrogens (primary N) is 1. The highest BCUT2D eigenvalue weighted by Crippen LogP contribution is 2.35. The van der Waals surface area contributed by atoms with Crippen molar-refractivity contribution < 1.29 is 0 Å². The van der Waals surface area contributed by atoms with Crippen LogP contribution in [0, 0.1) is 6.92 Å². The Hall–Kier alpha value is -1.51. The second-order valence-corrected chi connectivity index (χ2v) is 4.44. The molecular weight excluding hydrogens is 186 g/mol. The molecule has 0 spiro atoms. The van der Waals surface area contributed by atoms with Crippen molar-refractivity contribution in [3.8, 4) is 0 Å². The zero-order valence-electron chi connectivity index (χ0n) is 8.90. The summed E-state index contributed by atoms with van der Waals surface area (Å²) in [4.78, 5) is 4.44. The largest absolute Gasteiger partial charge is 0.397 e. The third-order valence-corrected chi connectivity index (χ3v) is 3.36. The topological polar surface area (TPSA) is 43.8 Å². The number of hydrogen-bond acceptors (Lipinski definition) is 2. The maximum atomic E-state index is 5.75. The molecule has 78 valence electrons. The lowest BCUT2D eigenvalue weighted by Crippen LogP contribution is -2.16. The van der Waals surface area contributed by atoms with Crippen molar-refractivity contribution >= 4 is 16.7 Å². The van der Waals surface area contributed by atoms with Crippen molar-refractivity contribution in [3.63, 3.8) is 0 Å². The number of fused-ring (bicyclic) bond motifs is 1. The van der Waals surface area contributed by atoms with Crippen LogP contribution in [0.15, 0.2) is 18.5 Å².